The number of benzene rings is 2. The fraction of sp³-hybridized carbons (Fsp3) is 0.435. The van der Waals surface area contributed by atoms with Crippen LogP contribution in [0.25, 0.3) is 0 Å². The Kier molecular flexibility index (Phi) is 7.31. The van der Waals surface area contributed by atoms with Gasteiger partial charge in [-0.1, -0.05) is 54.1 Å². The molecule has 2 aromatic carbocycles. The van der Waals surface area contributed by atoms with Crippen molar-refractivity contribution in [1.29, 1.82) is 0 Å². The standard InChI is InChI=1S/C23H29ClN2O/c1-18(7-8-19-5-3-2-4-6-19)25-23(27)21-13-15-26(16-14-21)17-20-9-11-22(24)12-10-20/h2-6,9-12,18,21H,7-8,13-17H2,1H3,(H,25,27)/t18-/m0/s1. The summed E-state index contributed by atoms with van der Waals surface area (Å²) in [5.74, 6) is 0.368. The van der Waals surface area contributed by atoms with Gasteiger partial charge in [-0.05, 0) is 69.0 Å². The van der Waals surface area contributed by atoms with E-state index in [0.29, 0.717) is 0 Å². The van der Waals surface area contributed by atoms with Gasteiger partial charge in [-0.2, -0.15) is 0 Å². The Bertz CT molecular complexity index is 709. The molecule has 1 saturated heterocycles. The molecule has 0 aromatic heterocycles. The van der Waals surface area contributed by atoms with E-state index in [2.05, 4.69) is 53.5 Å². The zero-order valence-corrected chi connectivity index (χ0v) is 16.8. The zero-order valence-electron chi connectivity index (χ0n) is 16.0. The number of nitrogens with zero attached hydrogens (tertiary/aromatic N) is 1. The van der Waals surface area contributed by atoms with Crippen LogP contribution in [0.5, 0.6) is 0 Å². The summed E-state index contributed by atoms with van der Waals surface area (Å²) in [4.78, 5) is 15.0. The summed E-state index contributed by atoms with van der Waals surface area (Å²) >= 11 is 5.95. The van der Waals surface area contributed by atoms with Gasteiger partial charge in [0.2, 0.25) is 5.91 Å². The van der Waals surface area contributed by atoms with Gasteiger partial charge < -0.3 is 5.32 Å². The van der Waals surface area contributed by atoms with Crippen molar-refractivity contribution in [3.05, 3.63) is 70.7 Å². The van der Waals surface area contributed by atoms with E-state index in [4.69, 9.17) is 11.6 Å². The average molecular weight is 385 g/mol. The normalized spacial score (nSPS) is 16.8. The van der Waals surface area contributed by atoms with Crippen molar-refractivity contribution in [1.82, 2.24) is 10.2 Å². The highest BCUT2D eigenvalue weighted by atomic mass is 35.5. The Morgan fingerprint density at radius 1 is 1.07 bits per heavy atom. The number of hydrogen-bond acceptors (Lipinski definition) is 2. The van der Waals surface area contributed by atoms with Crippen LogP contribution in [-0.2, 0) is 17.8 Å². The number of piperidine rings is 1. The van der Waals surface area contributed by atoms with Gasteiger partial charge in [-0.15, -0.1) is 0 Å². The van der Waals surface area contributed by atoms with E-state index in [0.717, 1.165) is 50.3 Å². The van der Waals surface area contributed by atoms with Gasteiger partial charge in [0.1, 0.15) is 0 Å². The number of hydrogen-bond donors (Lipinski definition) is 1. The minimum absolute atomic E-state index is 0.144. The van der Waals surface area contributed by atoms with Crippen LogP contribution in [0.1, 0.15) is 37.3 Å². The molecule has 1 aliphatic heterocycles. The van der Waals surface area contributed by atoms with Crippen LogP contribution in [0.2, 0.25) is 5.02 Å². The molecule has 1 fully saturated rings. The van der Waals surface area contributed by atoms with Gasteiger partial charge in [0, 0.05) is 23.5 Å². The second kappa shape index (κ2) is 9.91. The van der Waals surface area contributed by atoms with Gasteiger partial charge in [-0.25, -0.2) is 0 Å². The summed E-state index contributed by atoms with van der Waals surface area (Å²) in [5, 5.41) is 3.99. The van der Waals surface area contributed by atoms with Gasteiger partial charge >= 0.3 is 0 Å². The summed E-state index contributed by atoms with van der Waals surface area (Å²) in [6.07, 6.45) is 3.85. The van der Waals surface area contributed by atoms with Crippen LogP contribution >= 0.6 is 11.6 Å². The van der Waals surface area contributed by atoms with Crippen molar-refractivity contribution in [3.63, 3.8) is 0 Å². The van der Waals surface area contributed by atoms with Crippen LogP contribution < -0.4 is 5.32 Å². The molecule has 1 amide bonds. The lowest BCUT2D eigenvalue weighted by atomic mass is 9.95. The highest BCUT2D eigenvalue weighted by Gasteiger charge is 2.25. The Balaban J connectivity index is 1.38. The number of rotatable bonds is 7. The molecule has 1 heterocycles. The van der Waals surface area contributed by atoms with Crippen molar-refractivity contribution >= 4 is 17.5 Å². The van der Waals surface area contributed by atoms with Crippen molar-refractivity contribution in [2.45, 2.75) is 45.2 Å². The number of carbonyl (C=O) groups excluding carboxylic acids is 1. The quantitative estimate of drug-likeness (QED) is 0.751. The predicted molar refractivity (Wildman–Crippen MR) is 112 cm³/mol. The largest absolute Gasteiger partial charge is 0.353 e. The molecule has 0 aliphatic carbocycles. The molecular formula is C23H29ClN2O. The molecule has 3 rings (SSSR count). The van der Waals surface area contributed by atoms with E-state index in [-0.39, 0.29) is 17.9 Å². The third kappa shape index (κ3) is 6.37. The van der Waals surface area contributed by atoms with E-state index >= 15 is 0 Å². The Morgan fingerprint density at radius 2 is 1.74 bits per heavy atom. The lowest BCUT2D eigenvalue weighted by Gasteiger charge is -2.32. The van der Waals surface area contributed by atoms with E-state index in [1.165, 1.54) is 11.1 Å². The topological polar surface area (TPSA) is 32.3 Å². The second-order valence-electron chi connectivity index (χ2n) is 7.61. The summed E-state index contributed by atoms with van der Waals surface area (Å²) in [6, 6.07) is 18.7. The summed E-state index contributed by atoms with van der Waals surface area (Å²) in [7, 11) is 0. The molecular weight excluding hydrogens is 356 g/mol. The molecule has 4 heteroatoms. The summed E-state index contributed by atoms with van der Waals surface area (Å²) in [5.41, 5.74) is 2.60. The predicted octanol–water partition coefficient (Wildman–Crippen LogP) is 4.69. The van der Waals surface area contributed by atoms with Gasteiger partial charge in [0.25, 0.3) is 0 Å². The fourth-order valence-electron chi connectivity index (χ4n) is 3.66. The molecule has 1 aliphatic rings. The minimum Gasteiger partial charge on any atom is -0.353 e. The molecule has 1 atom stereocenters. The zero-order chi connectivity index (χ0) is 19.1. The Hall–Kier alpha value is -1.84. The molecule has 3 nitrogen and oxygen atoms in total. The van der Waals surface area contributed by atoms with Crippen LogP contribution in [0.3, 0.4) is 0 Å². The first-order valence-electron chi connectivity index (χ1n) is 9.91. The highest BCUT2D eigenvalue weighted by Crippen LogP contribution is 2.20. The lowest BCUT2D eigenvalue weighted by Crippen LogP contribution is -2.43. The molecule has 0 saturated carbocycles. The maximum atomic E-state index is 12.6. The maximum absolute atomic E-state index is 12.6. The highest BCUT2D eigenvalue weighted by molar-refractivity contribution is 6.30. The van der Waals surface area contributed by atoms with E-state index < -0.39 is 0 Å². The van der Waals surface area contributed by atoms with Crippen molar-refractivity contribution in [2.24, 2.45) is 5.92 Å². The fourth-order valence-corrected chi connectivity index (χ4v) is 3.79. The molecule has 27 heavy (non-hydrogen) atoms. The second-order valence-corrected chi connectivity index (χ2v) is 8.05. The summed E-state index contributed by atoms with van der Waals surface area (Å²) in [6.45, 7) is 4.98. The van der Waals surface area contributed by atoms with Crippen LogP contribution in [-0.4, -0.2) is 29.9 Å². The number of carbonyl (C=O) groups is 1. The van der Waals surface area contributed by atoms with Gasteiger partial charge in [-0.3, -0.25) is 9.69 Å². The Morgan fingerprint density at radius 3 is 2.41 bits per heavy atom. The van der Waals surface area contributed by atoms with Gasteiger partial charge in [0.15, 0.2) is 0 Å². The monoisotopic (exact) mass is 384 g/mol. The van der Waals surface area contributed by atoms with Crippen LogP contribution in [0.4, 0.5) is 0 Å². The first kappa shape index (κ1) is 19.9. The third-order valence-corrected chi connectivity index (χ3v) is 5.63. The van der Waals surface area contributed by atoms with E-state index in [9.17, 15) is 4.79 Å². The number of likely N-dealkylation sites (tertiary alicyclic amines) is 1. The smallest absolute Gasteiger partial charge is 0.223 e. The van der Waals surface area contributed by atoms with Crippen molar-refractivity contribution < 1.29 is 4.79 Å². The van der Waals surface area contributed by atoms with Crippen LogP contribution in [0, 0.1) is 5.92 Å². The maximum Gasteiger partial charge on any atom is 0.223 e. The third-order valence-electron chi connectivity index (χ3n) is 5.38. The number of nitrogens with one attached hydrogen (secondary N) is 1. The Labute approximate surface area is 167 Å². The SMILES string of the molecule is C[C@@H](CCc1ccccc1)NC(=O)C1CCN(Cc2ccc(Cl)cc2)CC1. The summed E-state index contributed by atoms with van der Waals surface area (Å²) < 4.78 is 0. The molecule has 0 spiro atoms. The molecule has 0 unspecified atom stereocenters. The molecule has 0 bridgehead atoms. The molecule has 2 aromatic rings. The first-order chi connectivity index (χ1) is 13.1. The van der Waals surface area contributed by atoms with E-state index in [1.54, 1.807) is 0 Å². The number of halogens is 1. The van der Waals surface area contributed by atoms with Crippen LogP contribution in [0.15, 0.2) is 54.6 Å². The van der Waals surface area contributed by atoms with Gasteiger partial charge in [0.05, 0.1) is 0 Å². The van der Waals surface area contributed by atoms with Crippen molar-refractivity contribution in [3.8, 4) is 0 Å². The number of aryl methyl sites for hydroxylation is 1. The minimum atomic E-state index is 0.144. The van der Waals surface area contributed by atoms with E-state index in [1.807, 2.05) is 18.2 Å². The molecule has 144 valence electrons. The molecule has 0 radical (unpaired) electrons. The number of amides is 1. The molecule has 1 N–H and O–H groups in total. The van der Waals surface area contributed by atoms with Crippen molar-refractivity contribution in [2.75, 3.05) is 13.1 Å². The average Bonchev–Trinajstić information content (AvgIpc) is 2.69. The first-order valence-corrected chi connectivity index (χ1v) is 10.3. The lowest BCUT2D eigenvalue weighted by molar-refractivity contribution is -0.127.